The van der Waals surface area contributed by atoms with Crippen molar-refractivity contribution in [3.8, 4) is 0 Å². The molecule has 0 saturated heterocycles. The molecule has 1 heterocycles. The molecule has 1 N–H and O–H groups in total. The standard InChI is InChI=1S/C20H23N3O2/c1-15(23(2)17-11-7-4-8-12-17)14-21-20(24)19-13-18(22-25-19)16-9-5-3-6-10-16/h3-12,15,19H,13-14H2,1-2H3,(H,21,24)/t15-,19-/m0/s1. The highest BCUT2D eigenvalue weighted by molar-refractivity contribution is 6.04. The summed E-state index contributed by atoms with van der Waals surface area (Å²) in [6, 6.07) is 20.1. The van der Waals surface area contributed by atoms with E-state index in [0.717, 1.165) is 17.0 Å². The molecule has 2 aromatic carbocycles. The highest BCUT2D eigenvalue weighted by Gasteiger charge is 2.29. The van der Waals surface area contributed by atoms with Gasteiger partial charge in [0, 0.05) is 31.7 Å². The van der Waals surface area contributed by atoms with Crippen LogP contribution in [0.5, 0.6) is 0 Å². The summed E-state index contributed by atoms with van der Waals surface area (Å²) in [4.78, 5) is 19.8. The molecule has 2 aromatic rings. The van der Waals surface area contributed by atoms with Crippen molar-refractivity contribution in [3.05, 3.63) is 66.2 Å². The lowest BCUT2D eigenvalue weighted by molar-refractivity contribution is -0.131. The number of hydrogen-bond donors (Lipinski definition) is 1. The van der Waals surface area contributed by atoms with Gasteiger partial charge in [0.1, 0.15) is 0 Å². The van der Waals surface area contributed by atoms with Gasteiger partial charge in [-0.2, -0.15) is 0 Å². The summed E-state index contributed by atoms with van der Waals surface area (Å²) in [7, 11) is 2.02. The van der Waals surface area contributed by atoms with Crippen LogP contribution < -0.4 is 10.2 Å². The van der Waals surface area contributed by atoms with Gasteiger partial charge in [0.2, 0.25) is 6.10 Å². The minimum atomic E-state index is -0.551. The maximum absolute atomic E-state index is 12.4. The number of amides is 1. The average molecular weight is 337 g/mol. The zero-order valence-electron chi connectivity index (χ0n) is 14.6. The van der Waals surface area contributed by atoms with Gasteiger partial charge in [-0.05, 0) is 24.6 Å². The third-order valence-corrected chi connectivity index (χ3v) is 4.46. The van der Waals surface area contributed by atoms with Crippen LogP contribution in [0.25, 0.3) is 0 Å². The van der Waals surface area contributed by atoms with Crippen LogP contribution in [-0.2, 0) is 9.63 Å². The number of hydrogen-bond acceptors (Lipinski definition) is 4. The molecule has 1 amide bonds. The zero-order chi connectivity index (χ0) is 17.6. The van der Waals surface area contributed by atoms with Crippen LogP contribution in [0.3, 0.4) is 0 Å². The predicted molar refractivity (Wildman–Crippen MR) is 99.8 cm³/mol. The fourth-order valence-electron chi connectivity index (χ4n) is 2.74. The van der Waals surface area contributed by atoms with Crippen molar-refractivity contribution in [2.75, 3.05) is 18.5 Å². The topological polar surface area (TPSA) is 53.9 Å². The third kappa shape index (κ3) is 4.18. The first-order chi connectivity index (χ1) is 12.1. The molecule has 0 fully saturated rings. The van der Waals surface area contributed by atoms with Crippen LogP contribution in [0.4, 0.5) is 5.69 Å². The fourth-order valence-corrected chi connectivity index (χ4v) is 2.74. The summed E-state index contributed by atoms with van der Waals surface area (Å²) in [6.07, 6.45) is -0.0527. The number of anilines is 1. The Morgan fingerprint density at radius 1 is 1.20 bits per heavy atom. The van der Waals surface area contributed by atoms with Gasteiger partial charge >= 0.3 is 0 Å². The number of oxime groups is 1. The molecular formula is C20H23N3O2. The van der Waals surface area contributed by atoms with Crippen LogP contribution >= 0.6 is 0 Å². The maximum atomic E-state index is 12.4. The molecule has 1 aliphatic heterocycles. The lowest BCUT2D eigenvalue weighted by Crippen LogP contribution is -2.43. The molecule has 2 atom stereocenters. The molecule has 0 radical (unpaired) electrons. The van der Waals surface area contributed by atoms with Crippen molar-refractivity contribution in [1.29, 1.82) is 0 Å². The zero-order valence-corrected chi connectivity index (χ0v) is 14.6. The molecule has 25 heavy (non-hydrogen) atoms. The minimum absolute atomic E-state index is 0.122. The molecule has 1 aliphatic rings. The molecule has 5 nitrogen and oxygen atoms in total. The SMILES string of the molecule is C[C@@H](CNC(=O)[C@@H]1CC(c2ccccc2)=NO1)N(C)c1ccccc1. The lowest BCUT2D eigenvalue weighted by Gasteiger charge is -2.27. The van der Waals surface area contributed by atoms with E-state index in [1.54, 1.807) is 0 Å². The fraction of sp³-hybridized carbons (Fsp3) is 0.300. The van der Waals surface area contributed by atoms with Gasteiger partial charge in [-0.25, -0.2) is 0 Å². The van der Waals surface area contributed by atoms with Crippen molar-refractivity contribution >= 4 is 17.3 Å². The van der Waals surface area contributed by atoms with Gasteiger partial charge in [0.25, 0.3) is 5.91 Å². The Bertz CT molecular complexity index is 731. The number of benzene rings is 2. The third-order valence-electron chi connectivity index (χ3n) is 4.46. The van der Waals surface area contributed by atoms with Gasteiger partial charge < -0.3 is 15.1 Å². The highest BCUT2D eigenvalue weighted by atomic mass is 16.6. The molecule has 5 heteroatoms. The van der Waals surface area contributed by atoms with Crippen LogP contribution in [0.15, 0.2) is 65.8 Å². The first-order valence-corrected chi connectivity index (χ1v) is 8.49. The largest absolute Gasteiger partial charge is 0.382 e. The first kappa shape index (κ1) is 17.0. The van der Waals surface area contributed by atoms with Crippen molar-refractivity contribution in [2.24, 2.45) is 5.16 Å². The van der Waals surface area contributed by atoms with Gasteiger partial charge in [-0.1, -0.05) is 53.7 Å². The monoisotopic (exact) mass is 337 g/mol. The van der Waals surface area contributed by atoms with E-state index in [-0.39, 0.29) is 11.9 Å². The highest BCUT2D eigenvalue weighted by Crippen LogP contribution is 2.17. The number of likely N-dealkylation sites (N-methyl/N-ethyl adjacent to an activating group) is 1. The van der Waals surface area contributed by atoms with E-state index in [2.05, 4.69) is 34.4 Å². The second-order valence-electron chi connectivity index (χ2n) is 6.24. The van der Waals surface area contributed by atoms with E-state index in [1.165, 1.54) is 0 Å². The Balaban J connectivity index is 1.49. The van der Waals surface area contributed by atoms with Crippen molar-refractivity contribution in [3.63, 3.8) is 0 Å². The van der Waals surface area contributed by atoms with Crippen molar-refractivity contribution < 1.29 is 9.63 Å². The molecular weight excluding hydrogens is 314 g/mol. The molecule has 3 rings (SSSR count). The summed E-state index contributed by atoms with van der Waals surface area (Å²) in [5.74, 6) is -0.122. The molecule has 0 bridgehead atoms. The summed E-state index contributed by atoms with van der Waals surface area (Å²) < 4.78 is 0. The van der Waals surface area contributed by atoms with E-state index in [4.69, 9.17) is 4.84 Å². The quantitative estimate of drug-likeness (QED) is 0.882. The van der Waals surface area contributed by atoms with E-state index in [9.17, 15) is 4.79 Å². The van der Waals surface area contributed by atoms with E-state index in [1.807, 2.05) is 55.6 Å². The summed E-state index contributed by atoms with van der Waals surface area (Å²) >= 11 is 0. The number of carbonyl (C=O) groups excluding carboxylic acids is 1. The smallest absolute Gasteiger partial charge is 0.264 e. The van der Waals surface area contributed by atoms with Crippen molar-refractivity contribution in [2.45, 2.75) is 25.5 Å². The first-order valence-electron chi connectivity index (χ1n) is 8.49. The normalized spacial score (nSPS) is 17.4. The number of para-hydroxylation sites is 1. The predicted octanol–water partition coefficient (Wildman–Crippen LogP) is 2.82. The molecule has 0 aliphatic carbocycles. The number of rotatable bonds is 6. The van der Waals surface area contributed by atoms with E-state index < -0.39 is 6.10 Å². The van der Waals surface area contributed by atoms with Gasteiger partial charge in [0.15, 0.2) is 0 Å². The second kappa shape index (κ2) is 7.83. The lowest BCUT2D eigenvalue weighted by atomic mass is 10.0. The maximum Gasteiger partial charge on any atom is 0.264 e. The molecule has 0 saturated carbocycles. The van der Waals surface area contributed by atoms with Crippen LogP contribution in [0.2, 0.25) is 0 Å². The summed E-state index contributed by atoms with van der Waals surface area (Å²) in [6.45, 7) is 2.62. The van der Waals surface area contributed by atoms with Crippen molar-refractivity contribution in [1.82, 2.24) is 5.32 Å². The number of nitrogens with one attached hydrogen (secondary N) is 1. The average Bonchev–Trinajstić information content (AvgIpc) is 3.17. The minimum Gasteiger partial charge on any atom is -0.382 e. The molecule has 0 unspecified atom stereocenters. The van der Waals surface area contributed by atoms with Crippen LogP contribution in [0, 0.1) is 0 Å². The Kier molecular flexibility index (Phi) is 5.33. The van der Waals surface area contributed by atoms with E-state index in [0.29, 0.717) is 13.0 Å². The summed E-state index contributed by atoms with van der Waals surface area (Å²) in [5, 5.41) is 7.03. The Morgan fingerprint density at radius 3 is 2.52 bits per heavy atom. The number of carbonyl (C=O) groups is 1. The molecule has 0 aromatic heterocycles. The Labute approximate surface area is 148 Å². The van der Waals surface area contributed by atoms with Gasteiger partial charge in [-0.15, -0.1) is 0 Å². The van der Waals surface area contributed by atoms with E-state index >= 15 is 0 Å². The van der Waals surface area contributed by atoms with Gasteiger partial charge in [0.05, 0.1) is 5.71 Å². The molecule has 0 spiro atoms. The molecule has 130 valence electrons. The number of nitrogens with zero attached hydrogens (tertiary/aromatic N) is 2. The second-order valence-corrected chi connectivity index (χ2v) is 6.24. The Hall–Kier alpha value is -2.82. The van der Waals surface area contributed by atoms with Crippen LogP contribution in [-0.4, -0.2) is 37.4 Å². The Morgan fingerprint density at radius 2 is 1.84 bits per heavy atom. The summed E-state index contributed by atoms with van der Waals surface area (Å²) in [5.41, 5.74) is 2.93. The van der Waals surface area contributed by atoms with Crippen LogP contribution in [0.1, 0.15) is 18.9 Å². The van der Waals surface area contributed by atoms with Gasteiger partial charge in [-0.3, -0.25) is 4.79 Å².